The average molecular weight is 372 g/mol. The second-order valence-corrected chi connectivity index (χ2v) is 8.04. The number of thiophene rings is 1. The second kappa shape index (κ2) is 7.23. The summed E-state index contributed by atoms with van der Waals surface area (Å²) in [5.41, 5.74) is 1.27. The van der Waals surface area contributed by atoms with Crippen LogP contribution in [0.15, 0.2) is 47.8 Å². The molecule has 0 aliphatic carbocycles. The molecular weight excluding hydrogens is 348 g/mol. The Morgan fingerprint density at radius 1 is 1.24 bits per heavy atom. The summed E-state index contributed by atoms with van der Waals surface area (Å²) in [5.74, 6) is 1.03. The molecule has 0 bridgehead atoms. The largest absolute Gasteiger partial charge is 0.309 e. The first-order valence-corrected chi connectivity index (χ1v) is 10.1. The topological polar surface area (TPSA) is 27.2 Å². The number of nitrogens with zero attached hydrogens (tertiary/aromatic N) is 3. The van der Waals surface area contributed by atoms with Crippen molar-refractivity contribution in [2.24, 2.45) is 7.05 Å². The number of quaternary nitrogens is 1. The van der Waals surface area contributed by atoms with Gasteiger partial charge in [-0.2, -0.15) is 9.78 Å². The van der Waals surface area contributed by atoms with E-state index in [9.17, 15) is 0 Å². The van der Waals surface area contributed by atoms with E-state index in [1.807, 2.05) is 29.1 Å². The van der Waals surface area contributed by atoms with E-state index < -0.39 is 0 Å². The van der Waals surface area contributed by atoms with Crippen LogP contribution in [0.2, 0.25) is 0 Å². The molecule has 0 amide bonds. The monoisotopic (exact) mass is 371 g/mol. The van der Waals surface area contributed by atoms with Crippen LogP contribution in [0.25, 0.3) is 0 Å². The number of aromatic nitrogens is 3. The molecule has 3 heterocycles. The van der Waals surface area contributed by atoms with Gasteiger partial charge in [-0.3, -0.25) is 0 Å². The molecule has 6 heteroatoms. The van der Waals surface area contributed by atoms with Gasteiger partial charge in [-0.1, -0.05) is 36.4 Å². The first-order chi connectivity index (χ1) is 12.2. The number of nitrogens with one attached hydrogen (secondary N) is 1. The molecule has 0 radical (unpaired) electrons. The summed E-state index contributed by atoms with van der Waals surface area (Å²) in [6.07, 6.45) is 3.35. The Hall–Kier alpha value is -1.76. The molecular formula is C19H23N4S2+. The number of hydrogen-bond acceptors (Lipinski definition) is 3. The Labute approximate surface area is 157 Å². The van der Waals surface area contributed by atoms with Crippen molar-refractivity contribution >= 4 is 23.6 Å². The minimum Gasteiger partial charge on any atom is -0.309 e. The molecule has 1 fully saturated rings. The highest BCUT2D eigenvalue weighted by atomic mass is 32.1. The van der Waals surface area contributed by atoms with Crippen molar-refractivity contribution in [2.75, 3.05) is 6.54 Å². The smallest absolute Gasteiger partial charge is 0.202 e. The summed E-state index contributed by atoms with van der Waals surface area (Å²) in [4.78, 5) is 3.06. The minimum atomic E-state index is 0.585. The Balaban J connectivity index is 1.55. The third-order valence-electron chi connectivity index (χ3n) is 5.06. The van der Waals surface area contributed by atoms with Crippen LogP contribution >= 0.6 is 23.6 Å². The molecule has 4 rings (SSSR count). The van der Waals surface area contributed by atoms with Gasteiger partial charge in [0, 0.05) is 26.3 Å². The van der Waals surface area contributed by atoms with E-state index in [-0.39, 0.29) is 0 Å². The molecule has 1 aliphatic heterocycles. The summed E-state index contributed by atoms with van der Waals surface area (Å²) >= 11 is 7.52. The van der Waals surface area contributed by atoms with Crippen LogP contribution in [-0.2, 0) is 20.1 Å². The zero-order valence-electron chi connectivity index (χ0n) is 14.4. The predicted octanol–water partition coefficient (Wildman–Crippen LogP) is 2.98. The molecule has 0 spiro atoms. The van der Waals surface area contributed by atoms with Gasteiger partial charge in [0.1, 0.15) is 11.9 Å². The number of benzene rings is 1. The van der Waals surface area contributed by atoms with Crippen molar-refractivity contribution < 1.29 is 4.90 Å². The van der Waals surface area contributed by atoms with Crippen LogP contribution in [0.4, 0.5) is 0 Å². The van der Waals surface area contributed by atoms with Gasteiger partial charge in [-0.25, -0.2) is 0 Å². The number of hydrogen-bond donors (Lipinski definition) is 1. The molecule has 4 nitrogen and oxygen atoms in total. The second-order valence-electron chi connectivity index (χ2n) is 6.70. The molecule has 1 aromatic carbocycles. The van der Waals surface area contributed by atoms with Gasteiger partial charge in [-0.05, 0) is 29.2 Å². The summed E-state index contributed by atoms with van der Waals surface area (Å²) in [6.45, 7) is 2.04. The fraction of sp³-hybridized carbons (Fsp3) is 0.368. The van der Waals surface area contributed by atoms with Crippen LogP contribution < -0.4 is 4.90 Å². The SMILES string of the molecule is Cn1c(Cc2ccccc2)nn(C[NH+]2CCC[C@H]2c2cccs2)c1=S. The first kappa shape index (κ1) is 16.7. The van der Waals surface area contributed by atoms with Crippen molar-refractivity contribution in [1.82, 2.24) is 14.3 Å². The van der Waals surface area contributed by atoms with Gasteiger partial charge in [0.25, 0.3) is 0 Å². The molecule has 0 saturated carbocycles. The lowest BCUT2D eigenvalue weighted by Crippen LogP contribution is -3.09. The highest BCUT2D eigenvalue weighted by Crippen LogP contribution is 2.23. The summed E-state index contributed by atoms with van der Waals surface area (Å²) in [7, 11) is 2.03. The van der Waals surface area contributed by atoms with E-state index >= 15 is 0 Å². The molecule has 130 valence electrons. The molecule has 2 aromatic heterocycles. The van der Waals surface area contributed by atoms with Gasteiger partial charge in [0.2, 0.25) is 4.77 Å². The lowest BCUT2D eigenvalue weighted by atomic mass is 10.1. The quantitative estimate of drug-likeness (QED) is 0.698. The maximum atomic E-state index is 5.66. The number of rotatable bonds is 5. The summed E-state index contributed by atoms with van der Waals surface area (Å²) in [6, 6.07) is 15.5. The molecule has 1 unspecified atom stereocenters. The third-order valence-corrected chi connectivity index (χ3v) is 6.53. The molecule has 2 atom stereocenters. The Morgan fingerprint density at radius 2 is 2.08 bits per heavy atom. The molecule has 1 saturated heterocycles. The summed E-state index contributed by atoms with van der Waals surface area (Å²) in [5, 5.41) is 7.02. The van der Waals surface area contributed by atoms with Crippen molar-refractivity contribution in [3.05, 3.63) is 68.9 Å². The molecule has 25 heavy (non-hydrogen) atoms. The fourth-order valence-electron chi connectivity index (χ4n) is 3.69. The highest BCUT2D eigenvalue weighted by Gasteiger charge is 2.31. The molecule has 1 N–H and O–H groups in total. The van der Waals surface area contributed by atoms with E-state index in [2.05, 4.69) is 46.3 Å². The van der Waals surface area contributed by atoms with Crippen LogP contribution in [0.5, 0.6) is 0 Å². The predicted molar refractivity (Wildman–Crippen MR) is 103 cm³/mol. The fourth-order valence-corrected chi connectivity index (χ4v) is 4.83. The highest BCUT2D eigenvalue weighted by molar-refractivity contribution is 7.71. The lowest BCUT2D eigenvalue weighted by molar-refractivity contribution is -0.941. The van der Waals surface area contributed by atoms with Gasteiger partial charge in [0.05, 0.1) is 11.4 Å². The van der Waals surface area contributed by atoms with Crippen LogP contribution in [-0.4, -0.2) is 20.9 Å². The van der Waals surface area contributed by atoms with Crippen molar-refractivity contribution in [2.45, 2.75) is 32.0 Å². The zero-order valence-corrected chi connectivity index (χ0v) is 16.0. The van der Waals surface area contributed by atoms with Gasteiger partial charge in [0.15, 0.2) is 6.67 Å². The van der Waals surface area contributed by atoms with E-state index in [0.717, 1.165) is 23.7 Å². The maximum absolute atomic E-state index is 5.66. The Kier molecular flexibility index (Phi) is 4.83. The Bertz CT molecular complexity index is 880. The summed E-state index contributed by atoms with van der Waals surface area (Å²) < 4.78 is 4.89. The van der Waals surface area contributed by atoms with Crippen molar-refractivity contribution in [3.63, 3.8) is 0 Å². The zero-order chi connectivity index (χ0) is 17.2. The first-order valence-electron chi connectivity index (χ1n) is 8.77. The lowest BCUT2D eigenvalue weighted by Gasteiger charge is -2.20. The van der Waals surface area contributed by atoms with Crippen molar-refractivity contribution in [1.29, 1.82) is 0 Å². The standard InChI is InChI=1S/C19H22N4S2/c1-21-18(13-15-7-3-2-4-8-15)20-23(19(21)24)14-22-11-5-9-16(22)17-10-6-12-25-17/h2-4,6-8,10,12,16H,5,9,11,13-14H2,1H3/p+1/t16-/m0/s1. The average Bonchev–Trinajstić information content (AvgIpc) is 3.35. The van der Waals surface area contributed by atoms with E-state index in [1.54, 1.807) is 4.90 Å². The van der Waals surface area contributed by atoms with E-state index in [0.29, 0.717) is 6.04 Å². The van der Waals surface area contributed by atoms with Gasteiger partial charge >= 0.3 is 0 Å². The normalized spacial score (nSPS) is 20.2. The van der Waals surface area contributed by atoms with E-state index in [1.165, 1.54) is 29.8 Å². The Morgan fingerprint density at radius 3 is 2.84 bits per heavy atom. The maximum Gasteiger partial charge on any atom is 0.202 e. The van der Waals surface area contributed by atoms with Gasteiger partial charge in [-0.15, -0.1) is 11.3 Å². The van der Waals surface area contributed by atoms with E-state index in [4.69, 9.17) is 17.3 Å². The minimum absolute atomic E-state index is 0.585. The van der Waals surface area contributed by atoms with Crippen LogP contribution in [0.1, 0.15) is 35.1 Å². The van der Waals surface area contributed by atoms with Gasteiger partial charge < -0.3 is 9.47 Å². The number of likely N-dealkylation sites (tertiary alicyclic amines) is 1. The molecule has 3 aromatic rings. The van der Waals surface area contributed by atoms with Crippen LogP contribution in [0, 0.1) is 4.77 Å². The third kappa shape index (κ3) is 3.47. The van der Waals surface area contributed by atoms with Crippen molar-refractivity contribution in [3.8, 4) is 0 Å². The van der Waals surface area contributed by atoms with Crippen LogP contribution in [0.3, 0.4) is 0 Å². The molecule has 1 aliphatic rings.